The lowest BCUT2D eigenvalue weighted by atomic mass is 10.1. The molecular weight excluding hydrogens is 373 g/mol. The summed E-state index contributed by atoms with van der Waals surface area (Å²) in [6.07, 6.45) is -1.63. The number of likely N-dealkylation sites (N-methyl/N-ethyl adjacent to an activating group) is 1. The minimum Gasteiger partial charge on any atom is -0.481 e. The number of aliphatic carboxylic acids is 1. The topological polar surface area (TPSA) is 125 Å². The van der Waals surface area contributed by atoms with Gasteiger partial charge in [0.05, 0.1) is 6.42 Å². The standard InChI is InChI=1S/C18H24FN3O6/c1-22(2)10-14(17(26)20-13(8-16(24)25)15(23)9-19)21-18(27)28-11-12-6-4-3-5-7-12/h3-7,13-14H,8-11H2,1-2H3,(H,20,26)(H,21,27)(H,24,25). The Morgan fingerprint density at radius 1 is 1.11 bits per heavy atom. The number of nitrogens with one attached hydrogen (secondary N) is 2. The van der Waals surface area contributed by atoms with Crippen LogP contribution in [-0.4, -0.2) is 73.2 Å². The molecule has 0 saturated carbocycles. The van der Waals surface area contributed by atoms with Crippen LogP contribution in [0.5, 0.6) is 0 Å². The third kappa shape index (κ3) is 8.58. The molecule has 9 nitrogen and oxygen atoms in total. The average molecular weight is 397 g/mol. The largest absolute Gasteiger partial charge is 0.481 e. The highest BCUT2D eigenvalue weighted by molar-refractivity contribution is 5.94. The van der Waals surface area contributed by atoms with Crippen LogP contribution in [0.4, 0.5) is 9.18 Å². The van der Waals surface area contributed by atoms with Crippen LogP contribution in [0, 0.1) is 0 Å². The fraction of sp³-hybridized carbons (Fsp3) is 0.444. The summed E-state index contributed by atoms with van der Waals surface area (Å²) in [6, 6.07) is 6.23. The van der Waals surface area contributed by atoms with E-state index in [1.807, 2.05) is 6.07 Å². The van der Waals surface area contributed by atoms with Crippen molar-refractivity contribution in [3.63, 3.8) is 0 Å². The molecule has 154 valence electrons. The van der Waals surface area contributed by atoms with E-state index in [1.165, 1.54) is 0 Å². The zero-order valence-corrected chi connectivity index (χ0v) is 15.7. The smallest absolute Gasteiger partial charge is 0.408 e. The van der Waals surface area contributed by atoms with Gasteiger partial charge in [-0.15, -0.1) is 0 Å². The van der Waals surface area contributed by atoms with Crippen LogP contribution in [0.1, 0.15) is 12.0 Å². The number of carbonyl (C=O) groups is 4. The van der Waals surface area contributed by atoms with Crippen molar-refractivity contribution in [3.8, 4) is 0 Å². The minimum absolute atomic E-state index is 0.00898. The number of amides is 2. The number of carboxylic acids is 1. The van der Waals surface area contributed by atoms with Gasteiger partial charge in [0.15, 0.2) is 5.78 Å². The lowest BCUT2D eigenvalue weighted by Gasteiger charge is -2.23. The molecule has 0 aliphatic heterocycles. The van der Waals surface area contributed by atoms with Gasteiger partial charge >= 0.3 is 12.1 Å². The van der Waals surface area contributed by atoms with Crippen molar-refractivity contribution < 1.29 is 33.4 Å². The van der Waals surface area contributed by atoms with Crippen molar-refractivity contribution in [2.45, 2.75) is 25.1 Å². The van der Waals surface area contributed by atoms with Gasteiger partial charge in [-0.3, -0.25) is 14.4 Å². The molecule has 0 aromatic heterocycles. The van der Waals surface area contributed by atoms with E-state index < -0.39 is 48.9 Å². The zero-order valence-electron chi connectivity index (χ0n) is 15.7. The number of hydrogen-bond donors (Lipinski definition) is 3. The predicted molar refractivity (Wildman–Crippen MR) is 97.3 cm³/mol. The molecule has 0 spiro atoms. The Hall–Kier alpha value is -3.01. The molecule has 2 amide bonds. The molecule has 0 aliphatic carbocycles. The number of hydrogen-bond acceptors (Lipinski definition) is 6. The van der Waals surface area contributed by atoms with E-state index >= 15 is 0 Å². The second-order valence-electron chi connectivity index (χ2n) is 6.28. The number of Topliss-reactive ketones (excluding diaryl/α,β-unsaturated/α-hetero) is 1. The van der Waals surface area contributed by atoms with Crippen LogP contribution in [0.2, 0.25) is 0 Å². The Bertz CT molecular complexity index is 683. The second kappa shape index (κ2) is 11.7. The van der Waals surface area contributed by atoms with Crippen LogP contribution in [0.25, 0.3) is 0 Å². The average Bonchev–Trinajstić information content (AvgIpc) is 2.64. The Morgan fingerprint density at radius 2 is 1.75 bits per heavy atom. The number of ketones is 1. The number of alkyl halides is 1. The van der Waals surface area contributed by atoms with Gasteiger partial charge in [0.1, 0.15) is 25.4 Å². The van der Waals surface area contributed by atoms with Crippen molar-refractivity contribution in [2.75, 3.05) is 27.3 Å². The molecule has 0 aliphatic rings. The predicted octanol–water partition coefficient (Wildman–Crippen LogP) is 0.341. The quantitative estimate of drug-likeness (QED) is 0.492. The van der Waals surface area contributed by atoms with Gasteiger partial charge in [0.25, 0.3) is 0 Å². The molecule has 0 heterocycles. The molecule has 2 atom stereocenters. The van der Waals surface area contributed by atoms with E-state index in [2.05, 4.69) is 10.6 Å². The van der Waals surface area contributed by atoms with E-state index in [9.17, 15) is 23.6 Å². The third-order valence-electron chi connectivity index (χ3n) is 3.58. The van der Waals surface area contributed by atoms with Crippen LogP contribution in [0.15, 0.2) is 30.3 Å². The van der Waals surface area contributed by atoms with E-state index in [4.69, 9.17) is 9.84 Å². The summed E-state index contributed by atoms with van der Waals surface area (Å²) in [6.45, 7) is -1.37. The molecule has 0 bridgehead atoms. The first-order valence-corrected chi connectivity index (χ1v) is 8.45. The van der Waals surface area contributed by atoms with Gasteiger partial charge in [0, 0.05) is 6.54 Å². The molecule has 3 N–H and O–H groups in total. The second-order valence-corrected chi connectivity index (χ2v) is 6.28. The summed E-state index contributed by atoms with van der Waals surface area (Å²) < 4.78 is 17.7. The first kappa shape index (κ1) is 23.0. The maximum Gasteiger partial charge on any atom is 0.408 e. The fourth-order valence-corrected chi connectivity index (χ4v) is 2.25. The summed E-state index contributed by atoms with van der Waals surface area (Å²) in [5, 5.41) is 13.4. The summed E-state index contributed by atoms with van der Waals surface area (Å²) >= 11 is 0. The highest BCUT2D eigenvalue weighted by Gasteiger charge is 2.28. The maximum atomic E-state index is 12.6. The monoisotopic (exact) mass is 397 g/mol. The van der Waals surface area contributed by atoms with Gasteiger partial charge in [0.2, 0.25) is 5.91 Å². The van der Waals surface area contributed by atoms with Crippen LogP contribution < -0.4 is 10.6 Å². The Balaban J connectivity index is 2.73. The van der Waals surface area contributed by atoms with Crippen molar-refractivity contribution in [1.29, 1.82) is 0 Å². The summed E-state index contributed by atoms with van der Waals surface area (Å²) in [4.78, 5) is 48.4. The maximum absolute atomic E-state index is 12.6. The number of halogens is 1. The molecular formula is C18H24FN3O6. The molecule has 28 heavy (non-hydrogen) atoms. The number of alkyl carbamates (subject to hydrolysis) is 1. The van der Waals surface area contributed by atoms with Crippen LogP contribution in [-0.2, 0) is 25.7 Å². The molecule has 10 heteroatoms. The van der Waals surface area contributed by atoms with Crippen LogP contribution >= 0.6 is 0 Å². The highest BCUT2D eigenvalue weighted by atomic mass is 19.1. The molecule has 0 fully saturated rings. The number of nitrogens with zero attached hydrogens (tertiary/aromatic N) is 1. The lowest BCUT2D eigenvalue weighted by Crippen LogP contribution is -2.55. The Kier molecular flexibility index (Phi) is 9.58. The van der Waals surface area contributed by atoms with Gasteiger partial charge in [-0.2, -0.15) is 0 Å². The molecule has 2 unspecified atom stereocenters. The molecule has 1 aromatic rings. The molecule has 0 saturated heterocycles. The Morgan fingerprint density at radius 3 is 2.29 bits per heavy atom. The first-order chi connectivity index (χ1) is 13.2. The van der Waals surface area contributed by atoms with E-state index in [1.54, 1.807) is 43.3 Å². The van der Waals surface area contributed by atoms with Gasteiger partial charge in [-0.1, -0.05) is 30.3 Å². The minimum atomic E-state index is -1.53. The summed E-state index contributed by atoms with van der Waals surface area (Å²) in [5.74, 6) is -3.25. The van der Waals surface area contributed by atoms with Crippen molar-refractivity contribution in [2.24, 2.45) is 0 Å². The molecule has 0 radical (unpaired) electrons. The summed E-state index contributed by atoms with van der Waals surface area (Å²) in [5.41, 5.74) is 0.751. The number of rotatable bonds is 11. The highest BCUT2D eigenvalue weighted by Crippen LogP contribution is 2.02. The van der Waals surface area contributed by atoms with Gasteiger partial charge < -0.3 is 25.4 Å². The fourth-order valence-electron chi connectivity index (χ4n) is 2.25. The lowest BCUT2D eigenvalue weighted by molar-refractivity contribution is -0.140. The normalized spacial score (nSPS) is 12.7. The van der Waals surface area contributed by atoms with E-state index in [0.717, 1.165) is 5.56 Å². The molecule has 1 aromatic carbocycles. The SMILES string of the molecule is CN(C)CC(NC(=O)OCc1ccccc1)C(=O)NC(CC(=O)O)C(=O)CF. The third-order valence-corrected chi connectivity index (χ3v) is 3.58. The zero-order chi connectivity index (χ0) is 21.1. The van der Waals surface area contributed by atoms with Crippen molar-refractivity contribution in [3.05, 3.63) is 35.9 Å². The number of ether oxygens (including phenoxy) is 1. The first-order valence-electron chi connectivity index (χ1n) is 8.45. The van der Waals surface area contributed by atoms with Crippen molar-refractivity contribution in [1.82, 2.24) is 15.5 Å². The van der Waals surface area contributed by atoms with Crippen LogP contribution in [0.3, 0.4) is 0 Å². The number of benzene rings is 1. The van der Waals surface area contributed by atoms with E-state index in [0.29, 0.717) is 0 Å². The number of carboxylic acid groups (broad SMARTS) is 1. The molecule has 1 rings (SSSR count). The van der Waals surface area contributed by atoms with E-state index in [-0.39, 0.29) is 13.2 Å². The summed E-state index contributed by atoms with van der Waals surface area (Å²) in [7, 11) is 3.30. The van der Waals surface area contributed by atoms with Gasteiger partial charge in [-0.05, 0) is 19.7 Å². The van der Waals surface area contributed by atoms with Gasteiger partial charge in [-0.25, -0.2) is 9.18 Å². The van der Waals surface area contributed by atoms with Crippen molar-refractivity contribution >= 4 is 23.8 Å². The number of carbonyl (C=O) groups excluding carboxylic acids is 3. The Labute approximate surface area is 161 Å².